The summed E-state index contributed by atoms with van der Waals surface area (Å²) >= 11 is 1.37. The number of rotatable bonds is 7. The molecular weight excluding hydrogens is 334 g/mol. The van der Waals surface area contributed by atoms with Crippen LogP contribution < -0.4 is 10.1 Å². The third kappa shape index (κ3) is 4.65. The second kappa shape index (κ2) is 6.84. The molecule has 1 aliphatic rings. The minimum absolute atomic E-state index is 0.0156. The van der Waals surface area contributed by atoms with E-state index in [0.29, 0.717) is 11.7 Å². The van der Waals surface area contributed by atoms with E-state index in [9.17, 15) is 8.42 Å². The summed E-state index contributed by atoms with van der Waals surface area (Å²) in [6.45, 7) is 0.159. The van der Waals surface area contributed by atoms with Crippen molar-refractivity contribution in [3.05, 3.63) is 30.1 Å². The molecule has 0 spiro atoms. The van der Waals surface area contributed by atoms with Crippen LogP contribution in [0.15, 0.2) is 24.3 Å². The van der Waals surface area contributed by atoms with Crippen molar-refractivity contribution in [1.82, 2.24) is 9.36 Å². The Bertz CT molecular complexity index is 753. The molecule has 8 heteroatoms. The van der Waals surface area contributed by atoms with E-state index in [0.717, 1.165) is 16.6 Å². The van der Waals surface area contributed by atoms with Crippen LogP contribution >= 0.6 is 11.5 Å². The quantitative estimate of drug-likeness (QED) is 0.824. The third-order valence-electron chi connectivity index (χ3n) is 3.74. The van der Waals surface area contributed by atoms with Crippen molar-refractivity contribution < 1.29 is 13.2 Å². The van der Waals surface area contributed by atoms with E-state index < -0.39 is 9.84 Å². The summed E-state index contributed by atoms with van der Waals surface area (Å²) in [7, 11) is -3.00. The number of benzene rings is 1. The van der Waals surface area contributed by atoms with E-state index in [-0.39, 0.29) is 12.4 Å². The zero-order valence-corrected chi connectivity index (χ0v) is 14.5. The molecule has 1 aromatic carbocycles. The third-order valence-corrected chi connectivity index (χ3v) is 5.29. The van der Waals surface area contributed by atoms with Crippen LogP contribution in [0.1, 0.15) is 31.0 Å². The maximum absolute atomic E-state index is 11.1. The molecule has 0 saturated heterocycles. The van der Waals surface area contributed by atoms with Crippen molar-refractivity contribution in [3.8, 4) is 5.75 Å². The van der Waals surface area contributed by atoms with E-state index in [1.54, 1.807) is 12.1 Å². The minimum atomic E-state index is -3.00. The van der Waals surface area contributed by atoms with Crippen LogP contribution in [0.25, 0.3) is 0 Å². The van der Waals surface area contributed by atoms with Gasteiger partial charge in [0.2, 0.25) is 5.13 Å². The first-order chi connectivity index (χ1) is 11.0. The van der Waals surface area contributed by atoms with Gasteiger partial charge in [-0.1, -0.05) is 6.42 Å². The van der Waals surface area contributed by atoms with E-state index in [4.69, 9.17) is 4.74 Å². The Morgan fingerprint density at radius 2 is 2.04 bits per heavy atom. The monoisotopic (exact) mass is 353 g/mol. The maximum atomic E-state index is 11.1. The van der Waals surface area contributed by atoms with Crippen molar-refractivity contribution in [2.75, 3.05) is 23.9 Å². The fourth-order valence-electron chi connectivity index (χ4n) is 2.19. The average Bonchev–Trinajstić information content (AvgIpc) is 2.85. The highest BCUT2D eigenvalue weighted by Crippen LogP contribution is 2.36. The second-order valence-electron chi connectivity index (χ2n) is 5.71. The summed E-state index contributed by atoms with van der Waals surface area (Å²) in [6, 6.07) is 7.36. The fourth-order valence-corrected chi connectivity index (χ4v) is 3.24. The molecule has 1 N–H and O–H groups in total. The lowest BCUT2D eigenvalue weighted by molar-refractivity contribution is 0.341. The zero-order valence-electron chi connectivity index (χ0n) is 12.9. The molecule has 0 radical (unpaired) electrons. The summed E-state index contributed by atoms with van der Waals surface area (Å²) in [5, 5.41) is 4.02. The molecule has 6 nitrogen and oxygen atoms in total. The van der Waals surface area contributed by atoms with Gasteiger partial charge in [-0.3, -0.25) is 0 Å². The number of aromatic nitrogens is 2. The van der Waals surface area contributed by atoms with Crippen molar-refractivity contribution in [2.45, 2.75) is 25.2 Å². The van der Waals surface area contributed by atoms with Gasteiger partial charge in [0.25, 0.3) is 0 Å². The van der Waals surface area contributed by atoms with Gasteiger partial charge in [-0.05, 0) is 37.1 Å². The van der Waals surface area contributed by atoms with Crippen molar-refractivity contribution >= 4 is 32.2 Å². The predicted molar refractivity (Wildman–Crippen MR) is 91.4 cm³/mol. The van der Waals surface area contributed by atoms with Crippen LogP contribution in [0.2, 0.25) is 0 Å². The van der Waals surface area contributed by atoms with Crippen molar-refractivity contribution in [2.24, 2.45) is 0 Å². The van der Waals surface area contributed by atoms with Crippen LogP contribution in [-0.2, 0) is 9.84 Å². The molecule has 1 fully saturated rings. The topological polar surface area (TPSA) is 81.2 Å². The molecule has 0 bridgehead atoms. The van der Waals surface area contributed by atoms with Gasteiger partial charge in [-0.25, -0.2) is 13.4 Å². The first-order valence-electron chi connectivity index (χ1n) is 7.51. The minimum Gasteiger partial charge on any atom is -0.493 e. The smallest absolute Gasteiger partial charge is 0.207 e. The summed E-state index contributed by atoms with van der Waals surface area (Å²) in [4.78, 5) is 4.52. The highest BCUT2D eigenvalue weighted by Gasteiger charge is 2.23. The average molecular weight is 353 g/mol. The molecule has 1 saturated carbocycles. The standard InChI is InChI=1S/C15H19N3O3S2/c1-23(19,20)10-9-21-13-7-5-12(6-8-13)16-15-17-14(18-22-15)11-3-2-4-11/h5-8,11H,2-4,9-10H2,1H3,(H,16,17,18). The summed E-state index contributed by atoms with van der Waals surface area (Å²) in [5.74, 6) is 2.14. The van der Waals surface area contributed by atoms with Gasteiger partial charge in [0.05, 0.1) is 5.75 Å². The lowest BCUT2D eigenvalue weighted by atomic mass is 9.85. The predicted octanol–water partition coefficient (Wildman–Crippen LogP) is 2.97. The largest absolute Gasteiger partial charge is 0.493 e. The highest BCUT2D eigenvalue weighted by atomic mass is 32.2. The van der Waals surface area contributed by atoms with Gasteiger partial charge in [0.1, 0.15) is 18.2 Å². The summed E-state index contributed by atoms with van der Waals surface area (Å²) in [5.41, 5.74) is 0.900. The van der Waals surface area contributed by atoms with Gasteiger partial charge >= 0.3 is 0 Å². The first kappa shape index (κ1) is 16.2. The van der Waals surface area contributed by atoms with Gasteiger partial charge in [0, 0.05) is 29.4 Å². The number of hydrogen-bond donors (Lipinski definition) is 1. The summed E-state index contributed by atoms with van der Waals surface area (Å²) < 4.78 is 31.9. The number of nitrogens with zero attached hydrogens (tertiary/aromatic N) is 2. The maximum Gasteiger partial charge on any atom is 0.207 e. The molecule has 23 heavy (non-hydrogen) atoms. The molecule has 1 heterocycles. The van der Waals surface area contributed by atoms with Gasteiger partial charge in [-0.2, -0.15) is 4.37 Å². The van der Waals surface area contributed by atoms with Crippen LogP contribution in [0, 0.1) is 0 Å². The molecule has 0 atom stereocenters. The second-order valence-corrected chi connectivity index (χ2v) is 8.72. The Hall–Kier alpha value is -1.67. The zero-order chi connectivity index (χ0) is 16.3. The lowest BCUT2D eigenvalue weighted by Gasteiger charge is -2.21. The number of sulfone groups is 1. The normalized spacial score (nSPS) is 15.2. The number of anilines is 2. The Morgan fingerprint density at radius 3 is 2.65 bits per heavy atom. The Balaban J connectivity index is 1.53. The van der Waals surface area contributed by atoms with Crippen LogP contribution in [0.3, 0.4) is 0 Å². The van der Waals surface area contributed by atoms with Crippen LogP contribution in [-0.4, -0.2) is 36.4 Å². The van der Waals surface area contributed by atoms with Gasteiger partial charge in [-0.15, -0.1) is 0 Å². The first-order valence-corrected chi connectivity index (χ1v) is 10.3. The SMILES string of the molecule is CS(=O)(=O)CCOc1ccc(Nc2nc(C3CCC3)ns2)cc1. The Morgan fingerprint density at radius 1 is 1.30 bits per heavy atom. The molecule has 124 valence electrons. The van der Waals surface area contributed by atoms with Gasteiger partial charge < -0.3 is 10.1 Å². The molecule has 0 aliphatic heterocycles. The molecule has 3 rings (SSSR count). The van der Waals surface area contributed by atoms with Crippen molar-refractivity contribution in [1.29, 1.82) is 0 Å². The van der Waals surface area contributed by atoms with Gasteiger partial charge in [0.15, 0.2) is 9.84 Å². The fraction of sp³-hybridized carbons (Fsp3) is 0.467. The number of ether oxygens (including phenoxy) is 1. The molecule has 2 aromatic rings. The number of hydrogen-bond acceptors (Lipinski definition) is 7. The van der Waals surface area contributed by atoms with Crippen molar-refractivity contribution in [3.63, 3.8) is 0 Å². The van der Waals surface area contributed by atoms with E-state index in [1.165, 1.54) is 37.1 Å². The molecule has 1 aromatic heterocycles. The highest BCUT2D eigenvalue weighted by molar-refractivity contribution is 7.90. The van der Waals surface area contributed by atoms with E-state index in [1.807, 2.05) is 12.1 Å². The van der Waals surface area contributed by atoms with Crippen LogP contribution in [0.4, 0.5) is 10.8 Å². The van der Waals surface area contributed by atoms with Crippen LogP contribution in [0.5, 0.6) is 5.75 Å². The molecule has 0 amide bonds. The molecule has 1 aliphatic carbocycles. The number of nitrogens with one attached hydrogen (secondary N) is 1. The van der Waals surface area contributed by atoms with E-state index in [2.05, 4.69) is 14.7 Å². The Kier molecular flexibility index (Phi) is 4.82. The summed E-state index contributed by atoms with van der Waals surface area (Å²) in [6.07, 6.45) is 4.85. The lowest BCUT2D eigenvalue weighted by Crippen LogP contribution is -2.11. The Labute approximate surface area is 140 Å². The molecular formula is C15H19N3O3S2. The van der Waals surface area contributed by atoms with E-state index >= 15 is 0 Å². The molecule has 0 unspecified atom stereocenters.